The zero-order valence-corrected chi connectivity index (χ0v) is 14.2. The number of hydrogen-bond donors (Lipinski definition) is 1. The summed E-state index contributed by atoms with van der Waals surface area (Å²) in [5.41, 5.74) is 3.06. The number of nitrogens with zero attached hydrogens (tertiary/aromatic N) is 1. The maximum absolute atomic E-state index is 12.3. The minimum atomic E-state index is -0.504. The lowest BCUT2D eigenvalue weighted by molar-refractivity contribution is -0.112. The van der Waals surface area contributed by atoms with E-state index in [1.165, 1.54) is 6.08 Å². The van der Waals surface area contributed by atoms with Crippen molar-refractivity contribution in [3.63, 3.8) is 0 Å². The molecule has 0 aliphatic heterocycles. The number of nitrogens with one attached hydrogen (secondary N) is 1. The lowest BCUT2D eigenvalue weighted by Gasteiger charge is -2.09. The first-order valence-corrected chi connectivity index (χ1v) is 7.62. The molecule has 0 saturated heterocycles. The molecule has 0 unspecified atom stereocenters. The van der Waals surface area contributed by atoms with Gasteiger partial charge in [0.15, 0.2) is 0 Å². The molecule has 2 aromatic rings. The third-order valence-electron chi connectivity index (χ3n) is 3.28. The predicted molar refractivity (Wildman–Crippen MR) is 94.6 cm³/mol. The van der Waals surface area contributed by atoms with Crippen molar-refractivity contribution in [2.24, 2.45) is 0 Å². The Hall–Kier alpha value is -2.28. The van der Waals surface area contributed by atoms with Gasteiger partial charge in [0.25, 0.3) is 5.91 Å². The molecule has 1 amide bonds. The van der Waals surface area contributed by atoms with Crippen molar-refractivity contribution in [3.05, 3.63) is 68.7 Å². The highest BCUT2D eigenvalue weighted by molar-refractivity contribution is 6.37. The van der Waals surface area contributed by atoms with Gasteiger partial charge in [-0.15, -0.1) is 0 Å². The Kier molecular flexibility index (Phi) is 5.44. The van der Waals surface area contributed by atoms with Gasteiger partial charge in [0.1, 0.15) is 11.6 Å². The summed E-state index contributed by atoms with van der Waals surface area (Å²) >= 11 is 12.1. The van der Waals surface area contributed by atoms with Gasteiger partial charge in [0.05, 0.1) is 0 Å². The first-order valence-electron chi connectivity index (χ1n) is 6.87. The third kappa shape index (κ3) is 4.13. The summed E-state index contributed by atoms with van der Waals surface area (Å²) in [6, 6.07) is 12.5. The summed E-state index contributed by atoms with van der Waals surface area (Å²) < 4.78 is 0. The summed E-state index contributed by atoms with van der Waals surface area (Å²) in [6.45, 7) is 3.86. The van der Waals surface area contributed by atoms with Crippen LogP contribution >= 0.6 is 23.2 Å². The topological polar surface area (TPSA) is 52.9 Å². The van der Waals surface area contributed by atoms with E-state index in [-0.39, 0.29) is 5.57 Å². The Morgan fingerprint density at radius 1 is 1.17 bits per heavy atom. The quantitative estimate of drug-likeness (QED) is 0.617. The lowest BCUT2D eigenvalue weighted by Crippen LogP contribution is -2.14. The average Bonchev–Trinajstić information content (AvgIpc) is 2.50. The van der Waals surface area contributed by atoms with E-state index >= 15 is 0 Å². The lowest BCUT2D eigenvalue weighted by atomic mass is 10.1. The molecule has 0 aliphatic carbocycles. The number of anilines is 1. The van der Waals surface area contributed by atoms with Gasteiger partial charge in [-0.25, -0.2) is 0 Å². The molecule has 0 fully saturated rings. The largest absolute Gasteiger partial charge is 0.321 e. The van der Waals surface area contributed by atoms with Gasteiger partial charge in [0, 0.05) is 21.3 Å². The van der Waals surface area contributed by atoms with E-state index in [1.54, 1.807) is 24.3 Å². The standard InChI is InChI=1S/C18H14Cl2N2O/c1-11-6-7-17(12(2)8-11)22-18(23)13(10-21)9-14-15(19)4-3-5-16(14)20/h3-9H,1-2H3,(H,22,23)/b13-9-. The van der Waals surface area contributed by atoms with Gasteiger partial charge in [-0.1, -0.05) is 47.0 Å². The second kappa shape index (κ2) is 7.32. The van der Waals surface area contributed by atoms with Crippen molar-refractivity contribution in [2.45, 2.75) is 13.8 Å². The Labute approximate surface area is 145 Å². The highest BCUT2D eigenvalue weighted by Gasteiger charge is 2.13. The van der Waals surface area contributed by atoms with Crippen LogP contribution in [-0.2, 0) is 4.79 Å². The molecule has 2 rings (SSSR count). The van der Waals surface area contributed by atoms with Crippen LogP contribution in [0.1, 0.15) is 16.7 Å². The number of aryl methyl sites for hydroxylation is 2. The molecule has 5 heteroatoms. The number of carbonyl (C=O) groups excluding carboxylic acids is 1. The molecular weight excluding hydrogens is 331 g/mol. The number of benzene rings is 2. The summed E-state index contributed by atoms with van der Waals surface area (Å²) in [7, 11) is 0. The monoisotopic (exact) mass is 344 g/mol. The Bertz CT molecular complexity index is 815. The van der Waals surface area contributed by atoms with Gasteiger partial charge in [-0.2, -0.15) is 5.26 Å². The van der Waals surface area contributed by atoms with Crippen LogP contribution in [0.5, 0.6) is 0 Å². The number of carbonyl (C=O) groups is 1. The fourth-order valence-electron chi connectivity index (χ4n) is 2.09. The average molecular weight is 345 g/mol. The van der Waals surface area contributed by atoms with Gasteiger partial charge in [0.2, 0.25) is 0 Å². The van der Waals surface area contributed by atoms with Crippen molar-refractivity contribution in [1.29, 1.82) is 5.26 Å². The van der Waals surface area contributed by atoms with E-state index in [0.717, 1.165) is 11.1 Å². The van der Waals surface area contributed by atoms with E-state index in [1.807, 2.05) is 32.0 Å². The van der Waals surface area contributed by atoms with Crippen LogP contribution < -0.4 is 5.32 Å². The maximum atomic E-state index is 12.3. The minimum absolute atomic E-state index is 0.0695. The van der Waals surface area contributed by atoms with Crippen molar-refractivity contribution in [3.8, 4) is 6.07 Å². The van der Waals surface area contributed by atoms with Crippen LogP contribution in [0.3, 0.4) is 0 Å². The normalized spacial score (nSPS) is 11.0. The Morgan fingerprint density at radius 2 is 1.83 bits per heavy atom. The van der Waals surface area contributed by atoms with Crippen molar-refractivity contribution < 1.29 is 4.79 Å². The van der Waals surface area contributed by atoms with Crippen LogP contribution in [0, 0.1) is 25.2 Å². The van der Waals surface area contributed by atoms with E-state index in [9.17, 15) is 10.1 Å². The first kappa shape index (κ1) is 17.1. The summed E-state index contributed by atoms with van der Waals surface area (Å²) in [4.78, 5) is 12.3. The van der Waals surface area contributed by atoms with Crippen molar-refractivity contribution in [1.82, 2.24) is 0 Å². The number of hydrogen-bond acceptors (Lipinski definition) is 2. The number of nitriles is 1. The van der Waals surface area contributed by atoms with Crippen LogP contribution in [-0.4, -0.2) is 5.91 Å². The summed E-state index contributed by atoms with van der Waals surface area (Å²) in [6.07, 6.45) is 1.39. The van der Waals surface area contributed by atoms with Crippen LogP contribution in [0.25, 0.3) is 6.08 Å². The zero-order valence-electron chi connectivity index (χ0n) is 12.7. The van der Waals surface area contributed by atoms with Gasteiger partial charge in [-0.3, -0.25) is 4.79 Å². The Balaban J connectivity index is 2.32. The molecule has 23 heavy (non-hydrogen) atoms. The molecular formula is C18H14Cl2N2O. The fraction of sp³-hybridized carbons (Fsp3) is 0.111. The molecule has 0 aliphatic rings. The molecule has 0 aromatic heterocycles. The number of rotatable bonds is 3. The maximum Gasteiger partial charge on any atom is 0.266 e. The first-order chi connectivity index (χ1) is 10.9. The van der Waals surface area contributed by atoms with Crippen molar-refractivity contribution in [2.75, 3.05) is 5.32 Å². The molecule has 0 radical (unpaired) electrons. The minimum Gasteiger partial charge on any atom is -0.321 e. The third-order valence-corrected chi connectivity index (χ3v) is 3.94. The number of halogens is 2. The molecule has 116 valence electrons. The zero-order chi connectivity index (χ0) is 17.0. The second-order valence-corrected chi connectivity index (χ2v) is 5.89. The predicted octanol–water partition coefficient (Wildman–Crippen LogP) is 5.16. The molecule has 0 atom stereocenters. The SMILES string of the molecule is Cc1ccc(NC(=O)/C(C#N)=C\c2c(Cl)cccc2Cl)c(C)c1. The van der Waals surface area contributed by atoms with E-state index < -0.39 is 5.91 Å². The van der Waals surface area contributed by atoms with Gasteiger partial charge >= 0.3 is 0 Å². The van der Waals surface area contributed by atoms with Crippen molar-refractivity contribution >= 4 is 40.9 Å². The molecule has 3 nitrogen and oxygen atoms in total. The number of amides is 1. The van der Waals surface area contributed by atoms with Crippen LogP contribution in [0.2, 0.25) is 10.0 Å². The molecule has 0 bridgehead atoms. The highest BCUT2D eigenvalue weighted by atomic mass is 35.5. The molecule has 0 saturated carbocycles. The smallest absolute Gasteiger partial charge is 0.266 e. The van der Waals surface area contributed by atoms with E-state index in [0.29, 0.717) is 21.3 Å². The molecule has 0 spiro atoms. The fourth-order valence-corrected chi connectivity index (χ4v) is 2.59. The van der Waals surface area contributed by atoms with Gasteiger partial charge in [-0.05, 0) is 43.7 Å². The highest BCUT2D eigenvalue weighted by Crippen LogP contribution is 2.27. The Morgan fingerprint density at radius 3 is 2.39 bits per heavy atom. The molecule has 2 aromatic carbocycles. The summed E-state index contributed by atoms with van der Waals surface area (Å²) in [5.74, 6) is -0.504. The molecule has 0 heterocycles. The van der Waals surface area contributed by atoms with Crippen LogP contribution in [0.4, 0.5) is 5.69 Å². The van der Waals surface area contributed by atoms with Crippen LogP contribution in [0.15, 0.2) is 42.0 Å². The second-order valence-electron chi connectivity index (χ2n) is 5.08. The molecule has 1 N–H and O–H groups in total. The van der Waals surface area contributed by atoms with E-state index in [4.69, 9.17) is 23.2 Å². The van der Waals surface area contributed by atoms with E-state index in [2.05, 4.69) is 5.32 Å². The summed E-state index contributed by atoms with van der Waals surface area (Å²) in [5, 5.41) is 12.8. The van der Waals surface area contributed by atoms with Gasteiger partial charge < -0.3 is 5.32 Å².